The number of carbonyl (C=O) groups excluding carboxylic acids is 1. The normalized spacial score (nSPS) is 12.4. The maximum absolute atomic E-state index is 12.4. The van der Waals surface area contributed by atoms with Crippen LogP contribution in [0.2, 0.25) is 0 Å². The molecule has 0 saturated heterocycles. The van der Waals surface area contributed by atoms with E-state index in [0.29, 0.717) is 5.56 Å². The lowest BCUT2D eigenvalue weighted by molar-refractivity contribution is -0.141. The standard InChI is InChI=1S/C14H16N2O3/c1-9(14(18)19)16(3)13(17)11-8-15(2)12-7-5-4-6-10(11)12/h4-9H,1-3H3,(H,18,19). The van der Waals surface area contributed by atoms with Crippen LogP contribution in [0.25, 0.3) is 10.9 Å². The Kier molecular flexibility index (Phi) is 3.29. The molecule has 5 nitrogen and oxygen atoms in total. The smallest absolute Gasteiger partial charge is 0.326 e. The molecule has 1 amide bonds. The fourth-order valence-corrected chi connectivity index (χ4v) is 2.04. The highest BCUT2D eigenvalue weighted by Gasteiger charge is 2.24. The van der Waals surface area contributed by atoms with Gasteiger partial charge < -0.3 is 14.6 Å². The van der Waals surface area contributed by atoms with Gasteiger partial charge in [0.05, 0.1) is 5.56 Å². The number of aryl methyl sites for hydroxylation is 1. The third kappa shape index (κ3) is 2.19. The van der Waals surface area contributed by atoms with E-state index in [0.717, 1.165) is 10.9 Å². The van der Waals surface area contributed by atoms with Crippen molar-refractivity contribution < 1.29 is 14.7 Å². The minimum Gasteiger partial charge on any atom is -0.480 e. The molecule has 0 aliphatic heterocycles. The van der Waals surface area contributed by atoms with Gasteiger partial charge in [0.2, 0.25) is 0 Å². The van der Waals surface area contributed by atoms with E-state index in [2.05, 4.69) is 0 Å². The Hall–Kier alpha value is -2.30. The molecule has 0 bridgehead atoms. The topological polar surface area (TPSA) is 62.5 Å². The highest BCUT2D eigenvalue weighted by Crippen LogP contribution is 2.21. The second-order valence-electron chi connectivity index (χ2n) is 4.60. The molecule has 1 aromatic carbocycles. The minimum absolute atomic E-state index is 0.285. The Balaban J connectivity index is 2.45. The number of hydrogen-bond donors (Lipinski definition) is 1. The molecule has 0 aliphatic carbocycles. The van der Waals surface area contributed by atoms with Gasteiger partial charge in [0, 0.05) is 31.2 Å². The summed E-state index contributed by atoms with van der Waals surface area (Å²) in [5.74, 6) is -1.30. The van der Waals surface area contributed by atoms with Crippen LogP contribution in [0, 0.1) is 0 Å². The van der Waals surface area contributed by atoms with E-state index in [1.165, 1.54) is 18.9 Å². The minimum atomic E-state index is -1.02. The predicted molar refractivity (Wildman–Crippen MR) is 72.1 cm³/mol. The first-order chi connectivity index (χ1) is 8.93. The first kappa shape index (κ1) is 13.1. The molecule has 0 spiro atoms. The Labute approximate surface area is 111 Å². The van der Waals surface area contributed by atoms with Gasteiger partial charge in [-0.05, 0) is 13.0 Å². The number of amides is 1. The number of para-hydroxylation sites is 1. The third-order valence-electron chi connectivity index (χ3n) is 3.39. The SMILES string of the molecule is CC(C(=O)O)N(C)C(=O)c1cn(C)c2ccccc12. The van der Waals surface area contributed by atoms with Crippen LogP contribution in [-0.4, -0.2) is 39.5 Å². The van der Waals surface area contributed by atoms with Gasteiger partial charge in [-0.2, -0.15) is 0 Å². The molecular formula is C14H16N2O3. The summed E-state index contributed by atoms with van der Waals surface area (Å²) in [5, 5.41) is 9.80. The lowest BCUT2D eigenvalue weighted by Gasteiger charge is -2.21. The van der Waals surface area contributed by atoms with Crippen molar-refractivity contribution in [2.45, 2.75) is 13.0 Å². The maximum atomic E-state index is 12.4. The fraction of sp³-hybridized carbons (Fsp3) is 0.286. The second-order valence-corrected chi connectivity index (χ2v) is 4.60. The van der Waals surface area contributed by atoms with Gasteiger partial charge in [-0.1, -0.05) is 18.2 Å². The number of fused-ring (bicyclic) bond motifs is 1. The van der Waals surface area contributed by atoms with Crippen molar-refractivity contribution in [2.75, 3.05) is 7.05 Å². The molecule has 1 atom stereocenters. The van der Waals surface area contributed by atoms with Gasteiger partial charge in [0.15, 0.2) is 0 Å². The van der Waals surface area contributed by atoms with E-state index in [1.807, 2.05) is 35.9 Å². The zero-order valence-corrected chi connectivity index (χ0v) is 11.1. The number of aromatic nitrogens is 1. The van der Waals surface area contributed by atoms with Gasteiger partial charge in [0.25, 0.3) is 5.91 Å². The Bertz CT molecular complexity index is 645. The average molecular weight is 260 g/mol. The van der Waals surface area contributed by atoms with E-state index in [-0.39, 0.29) is 5.91 Å². The number of nitrogens with zero attached hydrogens (tertiary/aromatic N) is 2. The molecule has 0 aliphatic rings. The Morgan fingerprint density at radius 1 is 1.32 bits per heavy atom. The van der Waals surface area contributed by atoms with E-state index in [4.69, 9.17) is 5.11 Å². The molecule has 1 heterocycles. The molecule has 2 rings (SSSR count). The lowest BCUT2D eigenvalue weighted by Crippen LogP contribution is -2.40. The summed E-state index contributed by atoms with van der Waals surface area (Å²) in [7, 11) is 3.36. The van der Waals surface area contributed by atoms with Crippen LogP contribution in [0.1, 0.15) is 17.3 Å². The zero-order valence-electron chi connectivity index (χ0n) is 11.1. The van der Waals surface area contributed by atoms with Crippen molar-refractivity contribution >= 4 is 22.8 Å². The van der Waals surface area contributed by atoms with Gasteiger partial charge in [-0.3, -0.25) is 4.79 Å². The highest BCUT2D eigenvalue weighted by molar-refractivity contribution is 6.07. The van der Waals surface area contributed by atoms with Crippen molar-refractivity contribution in [2.24, 2.45) is 7.05 Å². The summed E-state index contributed by atoms with van der Waals surface area (Å²) in [5.41, 5.74) is 1.47. The third-order valence-corrected chi connectivity index (χ3v) is 3.39. The molecule has 2 aromatic rings. The molecule has 0 fully saturated rings. The van der Waals surface area contributed by atoms with Crippen LogP contribution in [0.15, 0.2) is 30.5 Å². The number of hydrogen-bond acceptors (Lipinski definition) is 2. The van der Waals surface area contributed by atoms with Gasteiger partial charge >= 0.3 is 5.97 Å². The van der Waals surface area contributed by atoms with Gasteiger partial charge in [0.1, 0.15) is 6.04 Å². The number of rotatable bonds is 3. The van der Waals surface area contributed by atoms with Crippen LogP contribution in [-0.2, 0) is 11.8 Å². The predicted octanol–water partition coefficient (Wildman–Crippen LogP) is 1.72. The quantitative estimate of drug-likeness (QED) is 0.914. The molecule has 100 valence electrons. The number of aliphatic carboxylic acids is 1. The second kappa shape index (κ2) is 4.76. The molecule has 1 aromatic heterocycles. The number of benzene rings is 1. The van der Waals surface area contributed by atoms with Crippen LogP contribution in [0.4, 0.5) is 0 Å². The summed E-state index contributed by atoms with van der Waals surface area (Å²) >= 11 is 0. The van der Waals surface area contributed by atoms with E-state index in [9.17, 15) is 9.59 Å². The van der Waals surface area contributed by atoms with Crippen molar-refractivity contribution in [3.8, 4) is 0 Å². The summed E-state index contributed by atoms with van der Waals surface area (Å²) < 4.78 is 1.86. The van der Waals surface area contributed by atoms with Crippen molar-refractivity contribution in [1.82, 2.24) is 9.47 Å². The molecule has 1 N–H and O–H groups in total. The first-order valence-corrected chi connectivity index (χ1v) is 5.97. The number of carbonyl (C=O) groups is 2. The monoisotopic (exact) mass is 260 g/mol. The van der Waals surface area contributed by atoms with E-state index in [1.54, 1.807) is 6.20 Å². The molecule has 1 unspecified atom stereocenters. The first-order valence-electron chi connectivity index (χ1n) is 5.97. The van der Waals surface area contributed by atoms with Crippen molar-refractivity contribution in [1.29, 1.82) is 0 Å². The Morgan fingerprint density at radius 3 is 2.58 bits per heavy atom. The summed E-state index contributed by atoms with van der Waals surface area (Å²) in [4.78, 5) is 24.6. The summed E-state index contributed by atoms with van der Waals surface area (Å²) in [6.45, 7) is 1.49. The average Bonchev–Trinajstić information content (AvgIpc) is 2.74. The van der Waals surface area contributed by atoms with Crippen LogP contribution < -0.4 is 0 Å². The number of likely N-dealkylation sites (N-methyl/N-ethyl adjacent to an activating group) is 1. The number of carboxylic acids is 1. The lowest BCUT2D eigenvalue weighted by atomic mass is 10.1. The van der Waals surface area contributed by atoms with Crippen LogP contribution in [0.3, 0.4) is 0 Å². The van der Waals surface area contributed by atoms with Crippen molar-refractivity contribution in [3.63, 3.8) is 0 Å². The van der Waals surface area contributed by atoms with E-state index >= 15 is 0 Å². The largest absolute Gasteiger partial charge is 0.480 e. The van der Waals surface area contributed by atoms with Crippen LogP contribution >= 0.6 is 0 Å². The Morgan fingerprint density at radius 2 is 1.95 bits per heavy atom. The maximum Gasteiger partial charge on any atom is 0.326 e. The van der Waals surface area contributed by atoms with Crippen LogP contribution in [0.5, 0.6) is 0 Å². The highest BCUT2D eigenvalue weighted by atomic mass is 16.4. The molecular weight excluding hydrogens is 244 g/mol. The summed E-state index contributed by atoms with van der Waals surface area (Å²) in [6.07, 6.45) is 1.73. The molecule has 19 heavy (non-hydrogen) atoms. The molecule has 0 radical (unpaired) electrons. The zero-order chi connectivity index (χ0) is 14.2. The summed E-state index contributed by atoms with van der Waals surface area (Å²) in [6, 6.07) is 6.69. The molecule has 0 saturated carbocycles. The van der Waals surface area contributed by atoms with E-state index < -0.39 is 12.0 Å². The van der Waals surface area contributed by atoms with Gasteiger partial charge in [-0.25, -0.2) is 4.79 Å². The van der Waals surface area contributed by atoms with Gasteiger partial charge in [-0.15, -0.1) is 0 Å². The number of carboxylic acid groups (broad SMARTS) is 1. The molecule has 5 heteroatoms. The van der Waals surface area contributed by atoms with Crippen molar-refractivity contribution in [3.05, 3.63) is 36.0 Å². The fourth-order valence-electron chi connectivity index (χ4n) is 2.04.